The summed E-state index contributed by atoms with van der Waals surface area (Å²) >= 11 is 13.4. The second kappa shape index (κ2) is 8.92. The van der Waals surface area contributed by atoms with E-state index in [1.807, 2.05) is 36.4 Å². The van der Waals surface area contributed by atoms with Crippen molar-refractivity contribution in [3.8, 4) is 5.69 Å². The maximum atomic E-state index is 13.1. The summed E-state index contributed by atoms with van der Waals surface area (Å²) in [6.45, 7) is 0. The average Bonchev–Trinajstić information content (AvgIpc) is 2.76. The van der Waals surface area contributed by atoms with Crippen LogP contribution in [0, 0.1) is 0 Å². The molecule has 0 radical (unpaired) electrons. The van der Waals surface area contributed by atoms with E-state index >= 15 is 0 Å². The topological polar surface area (TPSA) is 64.0 Å². The molecule has 1 heterocycles. The molecule has 1 aromatic heterocycles. The van der Waals surface area contributed by atoms with E-state index in [4.69, 9.17) is 23.2 Å². The molecule has 0 unspecified atom stereocenters. The fourth-order valence-electron chi connectivity index (χ4n) is 2.94. The number of nitrogens with zero attached hydrogens (tertiary/aromatic N) is 2. The molecule has 150 valence electrons. The van der Waals surface area contributed by atoms with Gasteiger partial charge >= 0.3 is 0 Å². The molecule has 8 heteroatoms. The number of carbonyl (C=O) groups is 1. The van der Waals surface area contributed by atoms with Gasteiger partial charge in [0.05, 0.1) is 38.1 Å². The van der Waals surface area contributed by atoms with E-state index in [0.717, 1.165) is 11.8 Å². The number of carbonyl (C=O) groups excluding carboxylic acids is 1. The van der Waals surface area contributed by atoms with Gasteiger partial charge in [0.15, 0.2) is 5.16 Å². The molecule has 0 fully saturated rings. The molecule has 0 atom stereocenters. The monoisotopic (exact) mass is 455 g/mol. The Kier molecular flexibility index (Phi) is 6.08. The van der Waals surface area contributed by atoms with Gasteiger partial charge in [-0.2, -0.15) is 0 Å². The molecule has 30 heavy (non-hydrogen) atoms. The van der Waals surface area contributed by atoms with Gasteiger partial charge in [-0.15, -0.1) is 0 Å². The second-order valence-corrected chi connectivity index (χ2v) is 8.08. The number of aromatic nitrogens is 2. The van der Waals surface area contributed by atoms with Crippen molar-refractivity contribution in [1.82, 2.24) is 9.55 Å². The Morgan fingerprint density at radius 3 is 2.33 bits per heavy atom. The van der Waals surface area contributed by atoms with Gasteiger partial charge in [0.1, 0.15) is 0 Å². The van der Waals surface area contributed by atoms with Crippen molar-refractivity contribution in [2.24, 2.45) is 0 Å². The van der Waals surface area contributed by atoms with Crippen LogP contribution in [0.1, 0.15) is 0 Å². The van der Waals surface area contributed by atoms with Crippen LogP contribution in [-0.2, 0) is 4.79 Å². The van der Waals surface area contributed by atoms with E-state index in [2.05, 4.69) is 10.3 Å². The highest BCUT2D eigenvalue weighted by Crippen LogP contribution is 2.30. The summed E-state index contributed by atoms with van der Waals surface area (Å²) in [7, 11) is 0. The maximum absolute atomic E-state index is 13.1. The summed E-state index contributed by atoms with van der Waals surface area (Å²) in [5.74, 6) is -0.281. The number of anilines is 1. The minimum Gasteiger partial charge on any atom is -0.323 e. The lowest BCUT2D eigenvalue weighted by Gasteiger charge is -2.13. The van der Waals surface area contributed by atoms with Crippen LogP contribution in [0.25, 0.3) is 16.6 Å². The average molecular weight is 456 g/mol. The van der Waals surface area contributed by atoms with Crippen LogP contribution < -0.4 is 10.9 Å². The molecule has 0 saturated heterocycles. The molecule has 0 aliphatic rings. The highest BCUT2D eigenvalue weighted by Gasteiger charge is 2.16. The van der Waals surface area contributed by atoms with Crippen molar-refractivity contribution < 1.29 is 4.79 Å². The van der Waals surface area contributed by atoms with E-state index in [0.29, 0.717) is 37.5 Å². The fraction of sp³-hybridized carbons (Fsp3) is 0.0455. The number of hydrogen-bond acceptors (Lipinski definition) is 4. The molecule has 3 aromatic carbocycles. The Morgan fingerprint density at radius 2 is 1.60 bits per heavy atom. The zero-order valence-corrected chi connectivity index (χ0v) is 17.8. The quantitative estimate of drug-likeness (QED) is 0.322. The Balaban J connectivity index is 1.67. The first-order valence-electron chi connectivity index (χ1n) is 8.98. The number of halogens is 2. The van der Waals surface area contributed by atoms with E-state index in [9.17, 15) is 9.59 Å². The number of para-hydroxylation sites is 3. The number of rotatable bonds is 5. The van der Waals surface area contributed by atoms with Crippen molar-refractivity contribution in [2.75, 3.05) is 11.1 Å². The highest BCUT2D eigenvalue weighted by molar-refractivity contribution is 7.99. The van der Waals surface area contributed by atoms with Gasteiger partial charge in [-0.05, 0) is 36.4 Å². The van der Waals surface area contributed by atoms with Gasteiger partial charge < -0.3 is 5.32 Å². The Labute approximate surface area is 186 Å². The predicted octanol–water partition coefficient (Wildman–Crippen LogP) is 5.42. The number of thioether (sulfide) groups is 1. The van der Waals surface area contributed by atoms with Gasteiger partial charge in [0, 0.05) is 0 Å². The smallest absolute Gasteiger partial charge is 0.266 e. The van der Waals surface area contributed by atoms with Gasteiger partial charge in [-0.3, -0.25) is 14.2 Å². The number of nitrogens with one attached hydrogen (secondary N) is 1. The first-order valence-corrected chi connectivity index (χ1v) is 10.7. The molecular formula is C22H15Cl2N3O2S. The van der Waals surface area contributed by atoms with E-state index in [1.165, 1.54) is 4.57 Å². The lowest BCUT2D eigenvalue weighted by molar-refractivity contribution is -0.113. The standard InChI is InChI=1S/C22H15Cl2N3O2S/c23-16-10-6-11-17(24)20(16)26-19(28)13-30-22-25-18-12-5-4-9-15(18)21(29)27(22)14-7-2-1-3-8-14/h1-12H,13H2,(H,26,28). The minimum absolute atomic E-state index is 0.0270. The SMILES string of the molecule is O=C(CSc1nc2ccccc2c(=O)n1-c1ccccc1)Nc1c(Cl)cccc1Cl. The summed E-state index contributed by atoms with van der Waals surface area (Å²) in [5, 5.41) is 4.36. The van der Waals surface area contributed by atoms with E-state index in [-0.39, 0.29) is 17.2 Å². The Bertz CT molecular complexity index is 1270. The van der Waals surface area contributed by atoms with Crippen LogP contribution in [-0.4, -0.2) is 21.2 Å². The molecule has 0 saturated carbocycles. The zero-order chi connectivity index (χ0) is 21.1. The first kappa shape index (κ1) is 20.5. The molecule has 4 aromatic rings. The third-order valence-electron chi connectivity index (χ3n) is 4.32. The summed E-state index contributed by atoms with van der Waals surface area (Å²) in [6.07, 6.45) is 0. The van der Waals surface area contributed by atoms with Crippen LogP contribution in [0.3, 0.4) is 0 Å². The van der Waals surface area contributed by atoms with Crippen LogP contribution in [0.2, 0.25) is 10.0 Å². The zero-order valence-electron chi connectivity index (χ0n) is 15.5. The van der Waals surface area contributed by atoms with E-state index < -0.39 is 0 Å². The molecule has 0 aliphatic carbocycles. The fourth-order valence-corrected chi connectivity index (χ4v) is 4.24. The summed E-state index contributed by atoms with van der Waals surface area (Å²) < 4.78 is 1.52. The lowest BCUT2D eigenvalue weighted by atomic mass is 10.2. The summed E-state index contributed by atoms with van der Waals surface area (Å²) in [5.41, 5.74) is 1.42. The highest BCUT2D eigenvalue weighted by atomic mass is 35.5. The molecule has 0 spiro atoms. The van der Waals surface area contributed by atoms with Crippen LogP contribution >= 0.6 is 35.0 Å². The molecule has 0 aliphatic heterocycles. The second-order valence-electron chi connectivity index (χ2n) is 6.32. The Morgan fingerprint density at radius 1 is 0.933 bits per heavy atom. The van der Waals surface area contributed by atoms with Crippen molar-refractivity contribution in [3.63, 3.8) is 0 Å². The summed E-state index contributed by atoms with van der Waals surface area (Å²) in [4.78, 5) is 30.3. The molecule has 4 rings (SSSR count). The van der Waals surface area contributed by atoms with Crippen molar-refractivity contribution in [1.29, 1.82) is 0 Å². The van der Waals surface area contributed by atoms with Crippen LogP contribution in [0.5, 0.6) is 0 Å². The lowest BCUT2D eigenvalue weighted by Crippen LogP contribution is -2.23. The van der Waals surface area contributed by atoms with Gasteiger partial charge in [-0.25, -0.2) is 4.98 Å². The minimum atomic E-state index is -0.308. The first-order chi connectivity index (χ1) is 14.5. The van der Waals surface area contributed by atoms with Gasteiger partial charge in [0.25, 0.3) is 5.56 Å². The van der Waals surface area contributed by atoms with Crippen molar-refractivity contribution in [2.45, 2.75) is 5.16 Å². The van der Waals surface area contributed by atoms with Crippen molar-refractivity contribution in [3.05, 3.63) is 93.2 Å². The van der Waals surface area contributed by atoms with E-state index in [1.54, 1.807) is 36.4 Å². The third-order valence-corrected chi connectivity index (χ3v) is 5.89. The molecular weight excluding hydrogens is 441 g/mol. The summed E-state index contributed by atoms with van der Waals surface area (Å²) in [6, 6.07) is 21.3. The molecule has 1 amide bonds. The largest absolute Gasteiger partial charge is 0.323 e. The number of hydrogen-bond donors (Lipinski definition) is 1. The van der Waals surface area contributed by atoms with Crippen LogP contribution in [0.15, 0.2) is 82.7 Å². The van der Waals surface area contributed by atoms with Gasteiger partial charge in [-0.1, -0.05) is 71.4 Å². The number of benzene rings is 3. The Hall–Kier alpha value is -2.80. The molecule has 1 N–H and O–H groups in total. The number of fused-ring (bicyclic) bond motifs is 1. The number of amides is 1. The van der Waals surface area contributed by atoms with Crippen LogP contribution in [0.4, 0.5) is 5.69 Å². The third kappa shape index (κ3) is 4.21. The van der Waals surface area contributed by atoms with Crippen molar-refractivity contribution >= 4 is 57.5 Å². The van der Waals surface area contributed by atoms with Gasteiger partial charge in [0.2, 0.25) is 5.91 Å². The normalized spacial score (nSPS) is 10.9. The predicted molar refractivity (Wildman–Crippen MR) is 123 cm³/mol. The molecule has 5 nitrogen and oxygen atoms in total. The molecule has 0 bridgehead atoms. The maximum Gasteiger partial charge on any atom is 0.266 e.